The van der Waals surface area contributed by atoms with Gasteiger partial charge in [0.25, 0.3) is 0 Å². The average Bonchev–Trinajstić information content (AvgIpc) is 2.15. The number of benzene rings is 1. The van der Waals surface area contributed by atoms with E-state index < -0.39 is 0 Å². The van der Waals surface area contributed by atoms with Crippen LogP contribution < -0.4 is 5.90 Å². The second kappa shape index (κ2) is 5.75. The zero-order chi connectivity index (χ0) is 9.52. The molecule has 0 amide bonds. The molecule has 2 N–H and O–H groups in total. The van der Waals surface area contributed by atoms with Gasteiger partial charge in [-0.25, -0.2) is 5.90 Å². The Morgan fingerprint density at radius 2 is 2.00 bits per heavy atom. The second-order valence-corrected chi connectivity index (χ2v) is 3.05. The molecule has 0 heterocycles. The maximum atomic E-state index is 5.73. The molecule has 0 aliphatic rings. The maximum Gasteiger partial charge on any atom is 0.0713 e. The van der Waals surface area contributed by atoms with E-state index >= 15 is 0 Å². The molecule has 0 saturated carbocycles. The van der Waals surface area contributed by atoms with Gasteiger partial charge in [-0.05, 0) is 24.1 Å². The quantitative estimate of drug-likeness (QED) is 0.595. The zero-order valence-corrected chi connectivity index (χ0v) is 8.00. The van der Waals surface area contributed by atoms with E-state index in [-0.39, 0.29) is 0 Å². The molecule has 1 aromatic carbocycles. The number of rotatable bonds is 4. The summed E-state index contributed by atoms with van der Waals surface area (Å²) in [5.74, 6) is 4.88. The van der Waals surface area contributed by atoms with Crippen LogP contribution in [0.25, 0.3) is 6.08 Å². The second-order valence-electron chi connectivity index (χ2n) is 2.61. The molecule has 0 spiro atoms. The van der Waals surface area contributed by atoms with Gasteiger partial charge in [0, 0.05) is 5.02 Å². The van der Waals surface area contributed by atoms with E-state index in [0.717, 1.165) is 17.0 Å². The third-order valence-electron chi connectivity index (χ3n) is 1.58. The van der Waals surface area contributed by atoms with Crippen molar-refractivity contribution in [2.45, 2.75) is 6.42 Å². The summed E-state index contributed by atoms with van der Waals surface area (Å²) in [4.78, 5) is 4.43. The minimum atomic E-state index is 0.546. The fourth-order valence-corrected chi connectivity index (χ4v) is 1.06. The van der Waals surface area contributed by atoms with Crippen molar-refractivity contribution in [2.75, 3.05) is 6.61 Å². The molecule has 0 unspecified atom stereocenters. The first-order valence-electron chi connectivity index (χ1n) is 4.06. The molecule has 13 heavy (non-hydrogen) atoms. The third-order valence-corrected chi connectivity index (χ3v) is 1.83. The van der Waals surface area contributed by atoms with Gasteiger partial charge in [-0.2, -0.15) is 0 Å². The molecule has 2 nitrogen and oxygen atoms in total. The summed E-state index contributed by atoms with van der Waals surface area (Å²) in [5.41, 5.74) is 1.13. The van der Waals surface area contributed by atoms with Gasteiger partial charge in [0.2, 0.25) is 0 Å². The summed E-state index contributed by atoms with van der Waals surface area (Å²) in [6.07, 6.45) is 4.84. The monoisotopic (exact) mass is 197 g/mol. The Hall–Kier alpha value is -0.830. The van der Waals surface area contributed by atoms with Crippen LogP contribution in [0, 0.1) is 0 Å². The van der Waals surface area contributed by atoms with Crippen LogP contribution in [-0.4, -0.2) is 6.61 Å². The molecule has 0 radical (unpaired) electrons. The minimum absolute atomic E-state index is 0.546. The van der Waals surface area contributed by atoms with Crippen LogP contribution in [-0.2, 0) is 4.84 Å². The van der Waals surface area contributed by atoms with E-state index in [9.17, 15) is 0 Å². The van der Waals surface area contributed by atoms with Gasteiger partial charge in [-0.15, -0.1) is 0 Å². The van der Waals surface area contributed by atoms with Gasteiger partial charge >= 0.3 is 0 Å². The van der Waals surface area contributed by atoms with Crippen LogP contribution in [0.5, 0.6) is 0 Å². The van der Waals surface area contributed by atoms with E-state index in [1.807, 2.05) is 36.4 Å². The predicted molar refractivity (Wildman–Crippen MR) is 55.2 cm³/mol. The Bertz CT molecular complexity index is 269. The number of nitrogens with two attached hydrogens (primary N) is 1. The van der Waals surface area contributed by atoms with Gasteiger partial charge in [0.1, 0.15) is 0 Å². The van der Waals surface area contributed by atoms with Crippen molar-refractivity contribution in [1.82, 2.24) is 0 Å². The Morgan fingerprint density at radius 1 is 1.31 bits per heavy atom. The maximum absolute atomic E-state index is 5.73. The van der Waals surface area contributed by atoms with Gasteiger partial charge in [0.05, 0.1) is 6.61 Å². The van der Waals surface area contributed by atoms with Crippen molar-refractivity contribution in [1.29, 1.82) is 0 Å². The molecule has 1 aromatic rings. The highest BCUT2D eigenvalue weighted by atomic mass is 35.5. The molecular formula is C10H12ClNO. The van der Waals surface area contributed by atoms with E-state index in [1.54, 1.807) is 0 Å². The van der Waals surface area contributed by atoms with Crippen LogP contribution in [0.2, 0.25) is 5.02 Å². The lowest BCUT2D eigenvalue weighted by Gasteiger charge is -1.93. The fourth-order valence-electron chi connectivity index (χ4n) is 0.929. The van der Waals surface area contributed by atoms with Crippen molar-refractivity contribution in [3.8, 4) is 0 Å². The highest BCUT2D eigenvalue weighted by Crippen LogP contribution is 2.10. The lowest BCUT2D eigenvalue weighted by atomic mass is 10.2. The van der Waals surface area contributed by atoms with E-state index in [0.29, 0.717) is 6.61 Å². The van der Waals surface area contributed by atoms with E-state index in [2.05, 4.69) is 4.84 Å². The molecule has 0 saturated heterocycles. The first-order valence-corrected chi connectivity index (χ1v) is 4.44. The largest absolute Gasteiger partial charge is 0.304 e. The molecule has 0 aliphatic carbocycles. The highest BCUT2D eigenvalue weighted by molar-refractivity contribution is 6.30. The highest BCUT2D eigenvalue weighted by Gasteiger charge is 1.86. The lowest BCUT2D eigenvalue weighted by molar-refractivity contribution is 0.143. The van der Waals surface area contributed by atoms with Crippen LogP contribution in [0.15, 0.2) is 30.3 Å². The van der Waals surface area contributed by atoms with Gasteiger partial charge < -0.3 is 4.84 Å². The van der Waals surface area contributed by atoms with Crippen LogP contribution in [0.1, 0.15) is 12.0 Å². The van der Waals surface area contributed by atoms with Crippen molar-refractivity contribution in [2.24, 2.45) is 5.90 Å². The summed E-state index contributed by atoms with van der Waals surface area (Å²) in [7, 11) is 0. The van der Waals surface area contributed by atoms with Crippen molar-refractivity contribution in [3.05, 3.63) is 40.9 Å². The molecular weight excluding hydrogens is 186 g/mol. The lowest BCUT2D eigenvalue weighted by Crippen LogP contribution is -1.98. The first-order chi connectivity index (χ1) is 6.33. The third kappa shape index (κ3) is 4.08. The normalized spacial score (nSPS) is 10.9. The van der Waals surface area contributed by atoms with Crippen molar-refractivity contribution < 1.29 is 4.84 Å². The van der Waals surface area contributed by atoms with E-state index in [1.165, 1.54) is 0 Å². The SMILES string of the molecule is NOCCC=Cc1ccc(Cl)cc1. The van der Waals surface area contributed by atoms with Crippen LogP contribution >= 0.6 is 11.6 Å². The Balaban J connectivity index is 2.44. The molecule has 3 heteroatoms. The summed E-state index contributed by atoms with van der Waals surface area (Å²) in [6, 6.07) is 7.64. The van der Waals surface area contributed by atoms with Crippen molar-refractivity contribution in [3.63, 3.8) is 0 Å². The van der Waals surface area contributed by atoms with E-state index in [4.69, 9.17) is 17.5 Å². The fraction of sp³-hybridized carbons (Fsp3) is 0.200. The average molecular weight is 198 g/mol. The summed E-state index contributed by atoms with van der Waals surface area (Å²) < 4.78 is 0. The van der Waals surface area contributed by atoms with Crippen LogP contribution in [0.3, 0.4) is 0 Å². The Labute approximate surface area is 82.9 Å². The molecule has 0 bridgehead atoms. The van der Waals surface area contributed by atoms with Gasteiger partial charge in [-0.3, -0.25) is 0 Å². The summed E-state index contributed by atoms with van der Waals surface area (Å²) in [6.45, 7) is 0.546. The Kier molecular flexibility index (Phi) is 4.54. The number of halogens is 1. The molecule has 0 fully saturated rings. The molecule has 1 rings (SSSR count). The minimum Gasteiger partial charge on any atom is -0.304 e. The summed E-state index contributed by atoms with van der Waals surface area (Å²) in [5, 5.41) is 0.752. The van der Waals surface area contributed by atoms with Crippen molar-refractivity contribution >= 4 is 17.7 Å². The first kappa shape index (κ1) is 10.3. The predicted octanol–water partition coefficient (Wildman–Crippen LogP) is 2.63. The van der Waals surface area contributed by atoms with Crippen LogP contribution in [0.4, 0.5) is 0 Å². The molecule has 0 atom stereocenters. The Morgan fingerprint density at radius 3 is 2.62 bits per heavy atom. The molecule has 0 aliphatic heterocycles. The molecule has 0 aromatic heterocycles. The standard InChI is InChI=1S/C10H12ClNO/c11-10-6-4-9(5-7-10)3-1-2-8-13-12/h1,3-7H,2,8,12H2. The zero-order valence-electron chi connectivity index (χ0n) is 7.24. The molecule has 70 valence electrons. The topological polar surface area (TPSA) is 35.2 Å². The summed E-state index contributed by atoms with van der Waals surface area (Å²) >= 11 is 5.73. The number of hydrogen-bond acceptors (Lipinski definition) is 2. The van der Waals surface area contributed by atoms with Gasteiger partial charge in [0.15, 0.2) is 0 Å². The number of hydrogen-bond donors (Lipinski definition) is 1. The van der Waals surface area contributed by atoms with Gasteiger partial charge in [-0.1, -0.05) is 35.9 Å². The smallest absolute Gasteiger partial charge is 0.0713 e.